The van der Waals surface area contributed by atoms with Crippen molar-refractivity contribution in [1.29, 1.82) is 0 Å². The zero-order valence-electron chi connectivity index (χ0n) is 16.5. The van der Waals surface area contributed by atoms with Crippen molar-refractivity contribution in [2.75, 3.05) is 7.11 Å². The fourth-order valence-corrected chi connectivity index (χ4v) is 2.76. The third-order valence-corrected chi connectivity index (χ3v) is 4.27. The van der Waals surface area contributed by atoms with E-state index in [1.54, 1.807) is 30.3 Å². The average molecular weight is 407 g/mol. The second-order valence-electron chi connectivity index (χ2n) is 6.28. The van der Waals surface area contributed by atoms with Crippen LogP contribution in [-0.2, 0) is 4.79 Å². The number of nitrogens with zero attached hydrogens (tertiary/aromatic N) is 2. The molecular formula is C22H21N3O5. The zero-order chi connectivity index (χ0) is 21.5. The molecule has 0 unspecified atom stereocenters. The molecule has 0 saturated carbocycles. The maximum absolute atomic E-state index is 12.7. The lowest BCUT2D eigenvalue weighted by Gasteiger charge is -2.15. The van der Waals surface area contributed by atoms with Crippen LogP contribution in [0, 0.1) is 0 Å². The highest BCUT2D eigenvalue weighted by molar-refractivity contribution is 5.98. The number of aliphatic carboxylic acids is 1. The van der Waals surface area contributed by atoms with Crippen molar-refractivity contribution in [1.82, 2.24) is 9.99 Å². The van der Waals surface area contributed by atoms with Crippen LogP contribution in [0.3, 0.4) is 0 Å². The summed E-state index contributed by atoms with van der Waals surface area (Å²) in [5.41, 5.74) is 4.12. The lowest BCUT2D eigenvalue weighted by atomic mass is 10.1. The van der Waals surface area contributed by atoms with E-state index in [-0.39, 0.29) is 11.7 Å². The highest BCUT2D eigenvalue weighted by Crippen LogP contribution is 2.31. The van der Waals surface area contributed by atoms with E-state index in [0.29, 0.717) is 16.9 Å². The number of carbonyl (C=O) groups excluding carboxylic acids is 1. The molecule has 154 valence electrons. The van der Waals surface area contributed by atoms with Gasteiger partial charge in [-0.05, 0) is 43.3 Å². The molecule has 2 N–H and O–H groups in total. The number of carboxylic acids is 1. The molecule has 0 saturated heterocycles. The molecule has 0 bridgehead atoms. The SMILES string of the molecule is COc1cccc(/C=N\NC(=O)c2ccccc2-n2cccc2)c1O[C@@H](C)C(=O)O. The van der Waals surface area contributed by atoms with E-state index in [0.717, 1.165) is 5.69 Å². The van der Waals surface area contributed by atoms with Crippen LogP contribution in [0.4, 0.5) is 0 Å². The monoisotopic (exact) mass is 407 g/mol. The molecule has 30 heavy (non-hydrogen) atoms. The van der Waals surface area contributed by atoms with Gasteiger partial charge in [0.05, 0.1) is 24.6 Å². The Morgan fingerprint density at radius 1 is 1.10 bits per heavy atom. The molecule has 0 aliphatic carbocycles. The molecule has 3 aromatic rings. The largest absolute Gasteiger partial charge is 0.493 e. The summed E-state index contributed by atoms with van der Waals surface area (Å²) in [5.74, 6) is -0.921. The Morgan fingerprint density at radius 3 is 2.53 bits per heavy atom. The Hall–Kier alpha value is -4.07. The lowest BCUT2D eigenvalue weighted by molar-refractivity contribution is -0.144. The number of para-hydroxylation sites is 2. The summed E-state index contributed by atoms with van der Waals surface area (Å²) in [6.45, 7) is 1.41. The van der Waals surface area contributed by atoms with Gasteiger partial charge in [-0.15, -0.1) is 0 Å². The molecule has 1 atom stereocenters. The standard InChI is InChI=1S/C22H21N3O5/c1-15(22(27)28)30-20-16(8-7-11-19(20)29-2)14-23-24-21(26)17-9-3-4-10-18(17)25-12-5-6-13-25/h3-15H,1-2H3,(H,24,26)(H,27,28)/b23-14-/t15-/m0/s1. The molecule has 0 aliphatic rings. The maximum Gasteiger partial charge on any atom is 0.344 e. The van der Waals surface area contributed by atoms with E-state index in [1.807, 2.05) is 41.2 Å². The molecule has 0 spiro atoms. The molecule has 0 fully saturated rings. The summed E-state index contributed by atoms with van der Waals surface area (Å²) in [6, 6.07) is 15.9. The molecule has 0 radical (unpaired) electrons. The van der Waals surface area contributed by atoms with Crippen molar-refractivity contribution < 1.29 is 24.2 Å². The Balaban J connectivity index is 1.81. The van der Waals surface area contributed by atoms with Crippen LogP contribution in [-0.4, -0.2) is 41.0 Å². The van der Waals surface area contributed by atoms with Crippen LogP contribution in [0.25, 0.3) is 5.69 Å². The Kier molecular flexibility index (Phi) is 6.49. The van der Waals surface area contributed by atoms with Gasteiger partial charge in [0.1, 0.15) is 0 Å². The van der Waals surface area contributed by atoms with Gasteiger partial charge in [-0.3, -0.25) is 4.79 Å². The molecule has 3 rings (SSSR count). The second kappa shape index (κ2) is 9.42. The number of hydrogen-bond acceptors (Lipinski definition) is 5. The molecular weight excluding hydrogens is 386 g/mol. The van der Waals surface area contributed by atoms with Gasteiger partial charge < -0.3 is 19.1 Å². The van der Waals surface area contributed by atoms with Gasteiger partial charge in [0.15, 0.2) is 17.6 Å². The van der Waals surface area contributed by atoms with E-state index in [2.05, 4.69) is 10.5 Å². The molecule has 0 aliphatic heterocycles. The molecule has 2 aromatic carbocycles. The number of nitrogens with one attached hydrogen (secondary N) is 1. The number of amides is 1. The van der Waals surface area contributed by atoms with E-state index in [9.17, 15) is 9.59 Å². The van der Waals surface area contributed by atoms with E-state index >= 15 is 0 Å². The molecule has 1 amide bonds. The minimum absolute atomic E-state index is 0.223. The normalized spacial score (nSPS) is 11.8. The fraction of sp³-hybridized carbons (Fsp3) is 0.136. The number of hydrogen-bond donors (Lipinski definition) is 2. The minimum atomic E-state index is -1.11. The van der Waals surface area contributed by atoms with E-state index in [1.165, 1.54) is 20.2 Å². The van der Waals surface area contributed by atoms with E-state index in [4.69, 9.17) is 14.6 Å². The summed E-state index contributed by atoms with van der Waals surface area (Å²) >= 11 is 0. The average Bonchev–Trinajstić information content (AvgIpc) is 3.29. The molecule has 1 aromatic heterocycles. The smallest absolute Gasteiger partial charge is 0.344 e. The van der Waals surface area contributed by atoms with Gasteiger partial charge >= 0.3 is 5.97 Å². The van der Waals surface area contributed by atoms with Crippen molar-refractivity contribution in [3.05, 3.63) is 78.1 Å². The minimum Gasteiger partial charge on any atom is -0.493 e. The fourth-order valence-electron chi connectivity index (χ4n) is 2.76. The van der Waals surface area contributed by atoms with Gasteiger partial charge in [-0.25, -0.2) is 10.2 Å². The van der Waals surface area contributed by atoms with Gasteiger partial charge in [0, 0.05) is 18.0 Å². The first-order chi connectivity index (χ1) is 14.5. The number of carbonyl (C=O) groups is 2. The van der Waals surface area contributed by atoms with Crippen LogP contribution in [0.1, 0.15) is 22.8 Å². The molecule has 8 nitrogen and oxygen atoms in total. The van der Waals surface area contributed by atoms with Crippen LogP contribution in [0.5, 0.6) is 11.5 Å². The van der Waals surface area contributed by atoms with Crippen LogP contribution >= 0.6 is 0 Å². The van der Waals surface area contributed by atoms with Crippen molar-refractivity contribution >= 4 is 18.1 Å². The Morgan fingerprint density at radius 2 is 1.83 bits per heavy atom. The number of rotatable bonds is 8. The maximum atomic E-state index is 12.7. The number of hydrazone groups is 1. The number of carboxylic acid groups (broad SMARTS) is 1. The first-order valence-electron chi connectivity index (χ1n) is 9.13. The predicted octanol–water partition coefficient (Wildman–Crippen LogP) is 3.10. The summed E-state index contributed by atoms with van der Waals surface area (Å²) in [6.07, 6.45) is 3.98. The summed E-state index contributed by atoms with van der Waals surface area (Å²) in [4.78, 5) is 23.8. The van der Waals surface area contributed by atoms with Crippen molar-refractivity contribution in [3.8, 4) is 17.2 Å². The number of aromatic nitrogens is 1. The van der Waals surface area contributed by atoms with Gasteiger partial charge in [0.25, 0.3) is 5.91 Å². The van der Waals surface area contributed by atoms with Crippen LogP contribution < -0.4 is 14.9 Å². The Bertz CT molecular complexity index is 1060. The highest BCUT2D eigenvalue weighted by Gasteiger charge is 2.18. The zero-order valence-corrected chi connectivity index (χ0v) is 16.5. The third-order valence-electron chi connectivity index (χ3n) is 4.27. The first-order valence-corrected chi connectivity index (χ1v) is 9.13. The highest BCUT2D eigenvalue weighted by atomic mass is 16.5. The Labute approximate surface area is 173 Å². The number of ether oxygens (including phenoxy) is 2. The van der Waals surface area contributed by atoms with Crippen molar-refractivity contribution in [2.24, 2.45) is 5.10 Å². The number of methoxy groups -OCH3 is 1. The van der Waals surface area contributed by atoms with Gasteiger partial charge in [-0.2, -0.15) is 5.10 Å². The quantitative estimate of drug-likeness (QED) is 0.441. The molecule has 1 heterocycles. The summed E-state index contributed by atoms with van der Waals surface area (Å²) in [7, 11) is 1.45. The number of benzene rings is 2. The molecule has 8 heteroatoms. The topological polar surface area (TPSA) is 102 Å². The van der Waals surface area contributed by atoms with Gasteiger partial charge in [0.2, 0.25) is 0 Å². The third kappa shape index (κ3) is 4.67. The van der Waals surface area contributed by atoms with Crippen molar-refractivity contribution in [3.63, 3.8) is 0 Å². The lowest BCUT2D eigenvalue weighted by Crippen LogP contribution is -2.24. The first kappa shape index (κ1) is 20.7. The van der Waals surface area contributed by atoms with E-state index < -0.39 is 12.1 Å². The summed E-state index contributed by atoms with van der Waals surface area (Å²) < 4.78 is 12.6. The van der Waals surface area contributed by atoms with Gasteiger partial charge in [-0.1, -0.05) is 18.2 Å². The predicted molar refractivity (Wildman–Crippen MR) is 112 cm³/mol. The summed E-state index contributed by atoms with van der Waals surface area (Å²) in [5, 5.41) is 13.1. The van der Waals surface area contributed by atoms with Crippen LogP contribution in [0.15, 0.2) is 72.1 Å². The van der Waals surface area contributed by atoms with Crippen molar-refractivity contribution in [2.45, 2.75) is 13.0 Å². The second-order valence-corrected chi connectivity index (χ2v) is 6.28. The van der Waals surface area contributed by atoms with Crippen LogP contribution in [0.2, 0.25) is 0 Å².